The number of aliphatic imine (C=N–C) groups is 1. The van der Waals surface area contributed by atoms with E-state index in [1.165, 1.54) is 0 Å². The summed E-state index contributed by atoms with van der Waals surface area (Å²) in [5.74, 6) is 1.85. The number of methoxy groups -OCH3 is 1. The smallest absolute Gasteiger partial charge is 0.387 e. The molecule has 0 radical (unpaired) electrons. The molecular weight excluding hydrogens is 392 g/mol. The van der Waals surface area contributed by atoms with E-state index in [0.717, 1.165) is 11.3 Å². The van der Waals surface area contributed by atoms with Gasteiger partial charge in [0.2, 0.25) is 0 Å². The van der Waals surface area contributed by atoms with Crippen LogP contribution < -0.4 is 24.8 Å². The van der Waals surface area contributed by atoms with Gasteiger partial charge in [0.25, 0.3) is 0 Å². The first-order valence-electron chi connectivity index (χ1n) is 9.77. The average molecular weight is 421 g/mol. The van der Waals surface area contributed by atoms with Gasteiger partial charge in [0.05, 0.1) is 13.7 Å². The number of benzene rings is 2. The van der Waals surface area contributed by atoms with E-state index in [1.807, 2.05) is 24.3 Å². The maximum atomic E-state index is 12.9. The predicted octanol–water partition coefficient (Wildman–Crippen LogP) is 4.16. The van der Waals surface area contributed by atoms with E-state index < -0.39 is 6.61 Å². The maximum Gasteiger partial charge on any atom is 0.387 e. The van der Waals surface area contributed by atoms with Crippen molar-refractivity contribution in [2.75, 3.05) is 27.3 Å². The van der Waals surface area contributed by atoms with E-state index in [9.17, 15) is 8.78 Å². The molecule has 0 aliphatic carbocycles. The molecule has 8 heteroatoms. The molecule has 0 aliphatic heterocycles. The SMILES string of the molecule is CCOc1cccc(CNC(=NC)NCC(C)c2ccccc2OC)c1OC(F)F. The third-order valence-electron chi connectivity index (χ3n) is 4.48. The number of hydrogen-bond acceptors (Lipinski definition) is 4. The first-order chi connectivity index (χ1) is 14.5. The normalized spacial score (nSPS) is 12.4. The lowest BCUT2D eigenvalue weighted by Gasteiger charge is -2.19. The molecule has 164 valence electrons. The highest BCUT2D eigenvalue weighted by Crippen LogP contribution is 2.32. The number of para-hydroxylation sites is 2. The topological polar surface area (TPSA) is 64.1 Å². The van der Waals surface area contributed by atoms with Crippen LogP contribution in [0.25, 0.3) is 0 Å². The molecule has 0 heterocycles. The van der Waals surface area contributed by atoms with E-state index >= 15 is 0 Å². The van der Waals surface area contributed by atoms with Crippen LogP contribution in [-0.2, 0) is 6.54 Å². The first-order valence-corrected chi connectivity index (χ1v) is 9.77. The van der Waals surface area contributed by atoms with Crippen LogP contribution in [-0.4, -0.2) is 39.9 Å². The molecule has 1 atom stereocenters. The van der Waals surface area contributed by atoms with E-state index in [2.05, 4.69) is 22.5 Å². The van der Waals surface area contributed by atoms with E-state index in [1.54, 1.807) is 39.3 Å². The molecular formula is C22H29F2N3O3. The molecule has 0 saturated carbocycles. The summed E-state index contributed by atoms with van der Waals surface area (Å²) in [4.78, 5) is 4.20. The lowest BCUT2D eigenvalue weighted by Crippen LogP contribution is -2.38. The third-order valence-corrected chi connectivity index (χ3v) is 4.48. The van der Waals surface area contributed by atoms with Crippen LogP contribution in [0.3, 0.4) is 0 Å². The molecule has 6 nitrogen and oxygen atoms in total. The molecule has 0 aromatic heterocycles. The minimum atomic E-state index is -2.94. The highest BCUT2D eigenvalue weighted by atomic mass is 19.3. The van der Waals surface area contributed by atoms with E-state index in [-0.39, 0.29) is 24.0 Å². The zero-order chi connectivity index (χ0) is 21.9. The van der Waals surface area contributed by atoms with Gasteiger partial charge in [-0.2, -0.15) is 8.78 Å². The van der Waals surface area contributed by atoms with Crippen molar-refractivity contribution < 1.29 is 23.0 Å². The standard InChI is InChI=1S/C22H29F2N3O3/c1-5-29-19-12-8-9-16(20(19)30-21(23)24)14-27-22(25-3)26-13-15(2)17-10-6-7-11-18(17)28-4/h6-12,15,21H,5,13-14H2,1-4H3,(H2,25,26,27). The van der Waals surface area contributed by atoms with Crippen molar-refractivity contribution in [1.29, 1.82) is 0 Å². The fraction of sp³-hybridized carbons (Fsp3) is 0.409. The zero-order valence-corrected chi connectivity index (χ0v) is 17.7. The Morgan fingerprint density at radius 2 is 1.80 bits per heavy atom. The average Bonchev–Trinajstić information content (AvgIpc) is 2.75. The molecule has 2 N–H and O–H groups in total. The summed E-state index contributed by atoms with van der Waals surface area (Å²) in [7, 11) is 3.30. The quantitative estimate of drug-likeness (QED) is 0.445. The van der Waals surface area contributed by atoms with Crippen molar-refractivity contribution in [2.45, 2.75) is 32.9 Å². The molecule has 0 fully saturated rings. The molecule has 0 spiro atoms. The Labute approximate surface area is 176 Å². The lowest BCUT2D eigenvalue weighted by molar-refractivity contribution is -0.0520. The number of hydrogen-bond donors (Lipinski definition) is 2. The number of rotatable bonds is 10. The Morgan fingerprint density at radius 3 is 2.47 bits per heavy atom. The number of nitrogens with one attached hydrogen (secondary N) is 2. The molecule has 30 heavy (non-hydrogen) atoms. The van der Waals surface area contributed by atoms with E-state index in [0.29, 0.717) is 24.7 Å². The summed E-state index contributed by atoms with van der Waals surface area (Å²) in [5.41, 5.74) is 1.63. The van der Waals surface area contributed by atoms with Gasteiger partial charge in [-0.15, -0.1) is 0 Å². The first kappa shape index (κ1) is 23.3. The molecule has 0 amide bonds. The highest BCUT2D eigenvalue weighted by Gasteiger charge is 2.16. The van der Waals surface area contributed by atoms with Crippen LogP contribution in [0, 0.1) is 0 Å². The van der Waals surface area contributed by atoms with Gasteiger partial charge >= 0.3 is 6.61 Å². The second-order valence-corrected chi connectivity index (χ2v) is 6.51. The minimum absolute atomic E-state index is 0.0275. The summed E-state index contributed by atoms with van der Waals surface area (Å²) in [6.45, 7) is 2.12. The number of alkyl halides is 2. The van der Waals surface area contributed by atoms with Crippen LogP contribution in [0.5, 0.6) is 17.2 Å². The third kappa shape index (κ3) is 6.50. The van der Waals surface area contributed by atoms with Crippen molar-refractivity contribution in [3.8, 4) is 17.2 Å². The molecule has 0 aliphatic rings. The molecule has 2 aromatic carbocycles. The molecule has 2 rings (SSSR count). The van der Waals surface area contributed by atoms with Gasteiger partial charge in [-0.05, 0) is 24.6 Å². The summed E-state index contributed by atoms with van der Waals surface area (Å²) in [5, 5.41) is 6.38. The van der Waals surface area contributed by atoms with Crippen molar-refractivity contribution in [1.82, 2.24) is 10.6 Å². The molecule has 1 unspecified atom stereocenters. The summed E-state index contributed by atoms with van der Waals surface area (Å²) in [6.07, 6.45) is 0. The van der Waals surface area contributed by atoms with Gasteiger partial charge in [-0.1, -0.05) is 37.3 Å². The zero-order valence-electron chi connectivity index (χ0n) is 17.7. The van der Waals surface area contributed by atoms with Gasteiger partial charge in [0.15, 0.2) is 17.5 Å². The molecule has 0 saturated heterocycles. The maximum absolute atomic E-state index is 12.9. The second-order valence-electron chi connectivity index (χ2n) is 6.51. The fourth-order valence-electron chi connectivity index (χ4n) is 3.03. The van der Waals surface area contributed by atoms with Crippen LogP contribution in [0.2, 0.25) is 0 Å². The minimum Gasteiger partial charge on any atom is -0.496 e. The Morgan fingerprint density at radius 1 is 1.07 bits per heavy atom. The van der Waals surface area contributed by atoms with Crippen LogP contribution in [0.15, 0.2) is 47.5 Å². The largest absolute Gasteiger partial charge is 0.496 e. The van der Waals surface area contributed by atoms with E-state index in [4.69, 9.17) is 14.2 Å². The molecule has 2 aromatic rings. The number of halogens is 2. The lowest BCUT2D eigenvalue weighted by atomic mass is 10.0. The Kier molecular flexibility index (Phi) is 9.18. The van der Waals surface area contributed by atoms with Gasteiger partial charge in [-0.3, -0.25) is 4.99 Å². The van der Waals surface area contributed by atoms with Gasteiger partial charge in [0.1, 0.15) is 5.75 Å². The van der Waals surface area contributed by atoms with Crippen molar-refractivity contribution in [3.63, 3.8) is 0 Å². The van der Waals surface area contributed by atoms with Crippen molar-refractivity contribution in [2.24, 2.45) is 4.99 Å². The number of nitrogens with zero attached hydrogens (tertiary/aromatic N) is 1. The Hall–Kier alpha value is -3.03. The number of ether oxygens (including phenoxy) is 3. The van der Waals surface area contributed by atoms with Crippen LogP contribution >= 0.6 is 0 Å². The number of guanidine groups is 1. The highest BCUT2D eigenvalue weighted by molar-refractivity contribution is 5.79. The monoisotopic (exact) mass is 421 g/mol. The Balaban J connectivity index is 2.03. The fourth-order valence-corrected chi connectivity index (χ4v) is 3.03. The van der Waals surface area contributed by atoms with Gasteiger partial charge < -0.3 is 24.8 Å². The Bertz CT molecular complexity index is 831. The van der Waals surface area contributed by atoms with Gasteiger partial charge in [-0.25, -0.2) is 0 Å². The van der Waals surface area contributed by atoms with Crippen molar-refractivity contribution >= 4 is 5.96 Å². The van der Waals surface area contributed by atoms with Gasteiger partial charge in [0, 0.05) is 31.6 Å². The van der Waals surface area contributed by atoms with Crippen molar-refractivity contribution in [3.05, 3.63) is 53.6 Å². The predicted molar refractivity (Wildman–Crippen MR) is 114 cm³/mol. The van der Waals surface area contributed by atoms with Crippen LogP contribution in [0.4, 0.5) is 8.78 Å². The summed E-state index contributed by atoms with van der Waals surface area (Å²) < 4.78 is 41.3. The summed E-state index contributed by atoms with van der Waals surface area (Å²) >= 11 is 0. The van der Waals surface area contributed by atoms with Crippen LogP contribution in [0.1, 0.15) is 30.9 Å². The second kappa shape index (κ2) is 11.8. The molecule has 0 bridgehead atoms. The summed E-state index contributed by atoms with van der Waals surface area (Å²) in [6, 6.07) is 12.9.